The number of benzene rings is 2. The van der Waals surface area contributed by atoms with Crippen molar-refractivity contribution in [2.45, 2.75) is 0 Å². The summed E-state index contributed by atoms with van der Waals surface area (Å²) in [5.41, 5.74) is 5.07. The molecule has 0 heterocycles. The Bertz CT molecular complexity index is 801. The van der Waals surface area contributed by atoms with Gasteiger partial charge in [-0.2, -0.15) is 0 Å². The van der Waals surface area contributed by atoms with E-state index in [9.17, 15) is 14.9 Å². The van der Waals surface area contributed by atoms with Gasteiger partial charge in [0.2, 0.25) is 0 Å². The van der Waals surface area contributed by atoms with Gasteiger partial charge in [0.25, 0.3) is 11.6 Å². The van der Waals surface area contributed by atoms with E-state index in [-0.39, 0.29) is 22.3 Å². The van der Waals surface area contributed by atoms with E-state index in [2.05, 4.69) is 28.8 Å². The Kier molecular flexibility index (Phi) is 6.54. The molecule has 0 aromatic heterocycles. The first kappa shape index (κ1) is 18.5. The molecule has 0 aliphatic rings. The zero-order valence-electron chi connectivity index (χ0n) is 12.8. The van der Waals surface area contributed by atoms with Gasteiger partial charge in [0.05, 0.1) is 4.92 Å². The lowest BCUT2D eigenvalue weighted by atomic mass is 10.2. The van der Waals surface area contributed by atoms with Crippen LogP contribution in [0, 0.1) is 10.1 Å². The van der Waals surface area contributed by atoms with Crippen molar-refractivity contribution in [3.8, 4) is 5.75 Å². The number of anilines is 1. The predicted molar refractivity (Wildman–Crippen MR) is 101 cm³/mol. The first-order valence-electron chi connectivity index (χ1n) is 6.95. The third kappa shape index (κ3) is 5.33. The molecule has 8 nitrogen and oxygen atoms in total. The highest BCUT2D eigenvalue weighted by Gasteiger charge is 2.19. The van der Waals surface area contributed by atoms with Crippen molar-refractivity contribution >= 4 is 47.2 Å². The van der Waals surface area contributed by atoms with Crippen molar-refractivity contribution in [1.29, 1.82) is 0 Å². The maximum absolute atomic E-state index is 12.1. The lowest BCUT2D eigenvalue weighted by Gasteiger charge is -2.12. The maximum Gasteiger partial charge on any atom is 0.282 e. The number of ether oxygens (including phenoxy) is 1. The first-order valence-corrected chi connectivity index (χ1v) is 8.00. The molecule has 2 rings (SSSR count). The first-order chi connectivity index (χ1) is 12.0. The summed E-state index contributed by atoms with van der Waals surface area (Å²) in [7, 11) is 0. The Morgan fingerprint density at radius 3 is 2.68 bits per heavy atom. The van der Waals surface area contributed by atoms with Gasteiger partial charge in [-0.3, -0.25) is 25.8 Å². The Morgan fingerprint density at radius 2 is 1.96 bits per heavy atom. The van der Waals surface area contributed by atoms with Crippen LogP contribution in [0.2, 0.25) is 0 Å². The maximum atomic E-state index is 12.1. The van der Waals surface area contributed by atoms with Gasteiger partial charge in [-0.1, -0.05) is 18.2 Å². The van der Waals surface area contributed by atoms with Gasteiger partial charge in [-0.05, 0) is 30.4 Å². The molecule has 130 valence electrons. The number of nitrogens with zero attached hydrogens (tertiary/aromatic N) is 1. The van der Waals surface area contributed by atoms with E-state index in [1.165, 1.54) is 24.3 Å². The SMILES string of the molecule is O=C(NNC(=S)Nc1cccc(OCS)c1)c1ccccc1[N+](=O)[O-]. The molecule has 0 bridgehead atoms. The number of nitrogens with one attached hydrogen (secondary N) is 3. The molecule has 0 fully saturated rings. The largest absolute Gasteiger partial charge is 0.483 e. The molecule has 0 aliphatic heterocycles. The highest BCUT2D eigenvalue weighted by Crippen LogP contribution is 2.18. The molecule has 0 unspecified atom stereocenters. The molecule has 0 radical (unpaired) electrons. The highest BCUT2D eigenvalue weighted by molar-refractivity contribution is 7.80. The molecule has 0 spiro atoms. The molecule has 1 amide bonds. The monoisotopic (exact) mass is 378 g/mol. The molecule has 25 heavy (non-hydrogen) atoms. The predicted octanol–water partition coefficient (Wildman–Crippen LogP) is 2.49. The fourth-order valence-corrected chi connectivity index (χ4v) is 2.22. The minimum absolute atomic E-state index is 0.0769. The summed E-state index contributed by atoms with van der Waals surface area (Å²) in [5.74, 6) is 0.160. The smallest absolute Gasteiger partial charge is 0.282 e. The van der Waals surface area contributed by atoms with Crippen molar-refractivity contribution in [2.75, 3.05) is 11.3 Å². The van der Waals surface area contributed by atoms with Crippen LogP contribution in [0.4, 0.5) is 11.4 Å². The molecule has 3 N–H and O–H groups in total. The number of amides is 1. The number of nitro benzene ring substituents is 1. The van der Waals surface area contributed by atoms with Crippen molar-refractivity contribution in [1.82, 2.24) is 10.9 Å². The molecular weight excluding hydrogens is 364 g/mol. The number of para-hydroxylation sites is 1. The summed E-state index contributed by atoms with van der Waals surface area (Å²) in [5, 5.41) is 13.9. The van der Waals surface area contributed by atoms with Crippen LogP contribution >= 0.6 is 24.8 Å². The third-order valence-corrected chi connectivity index (χ3v) is 3.29. The van der Waals surface area contributed by atoms with Crippen LogP contribution < -0.4 is 20.9 Å². The zero-order chi connectivity index (χ0) is 18.2. The van der Waals surface area contributed by atoms with E-state index in [4.69, 9.17) is 17.0 Å². The van der Waals surface area contributed by atoms with Gasteiger partial charge in [0, 0.05) is 17.8 Å². The molecule has 2 aromatic carbocycles. The number of hydrazine groups is 1. The molecule has 0 aliphatic carbocycles. The van der Waals surface area contributed by atoms with Gasteiger partial charge < -0.3 is 10.1 Å². The Hall–Kier alpha value is -2.85. The van der Waals surface area contributed by atoms with E-state index in [1.807, 2.05) is 0 Å². The number of carbonyl (C=O) groups excluding carboxylic acids is 1. The standard InChI is InChI=1S/C15H14N4O4S2/c20-14(12-6-1-2-7-13(12)19(21)22)17-18-15(25)16-10-4-3-5-11(8-10)23-9-24/h1-8,24H,9H2,(H,17,20)(H2,16,18,25). The fourth-order valence-electron chi connectivity index (χ4n) is 1.91. The number of hydrogen-bond donors (Lipinski definition) is 4. The van der Waals surface area contributed by atoms with E-state index < -0.39 is 10.8 Å². The molecule has 0 saturated heterocycles. The van der Waals surface area contributed by atoms with Crippen LogP contribution in [0.15, 0.2) is 48.5 Å². The second-order valence-electron chi connectivity index (χ2n) is 4.61. The van der Waals surface area contributed by atoms with Crippen molar-refractivity contribution in [2.24, 2.45) is 0 Å². The Balaban J connectivity index is 1.95. The van der Waals surface area contributed by atoms with Gasteiger partial charge in [0.15, 0.2) is 5.11 Å². The van der Waals surface area contributed by atoms with E-state index >= 15 is 0 Å². The number of nitro groups is 1. The number of carbonyl (C=O) groups is 1. The fraction of sp³-hybridized carbons (Fsp3) is 0.0667. The lowest BCUT2D eigenvalue weighted by molar-refractivity contribution is -0.385. The second kappa shape index (κ2) is 8.85. The summed E-state index contributed by atoms with van der Waals surface area (Å²) in [6, 6.07) is 12.6. The molecular formula is C15H14N4O4S2. The lowest BCUT2D eigenvalue weighted by Crippen LogP contribution is -2.43. The average molecular weight is 378 g/mol. The summed E-state index contributed by atoms with van der Waals surface area (Å²) in [6.45, 7) is 0. The van der Waals surface area contributed by atoms with Crippen molar-refractivity contribution < 1.29 is 14.5 Å². The molecule has 0 atom stereocenters. The number of hydrogen-bond acceptors (Lipinski definition) is 6. The van der Waals surface area contributed by atoms with E-state index in [0.717, 1.165) is 0 Å². The van der Waals surface area contributed by atoms with Gasteiger partial charge in [0.1, 0.15) is 17.3 Å². The normalized spacial score (nSPS) is 9.80. The van der Waals surface area contributed by atoms with Gasteiger partial charge >= 0.3 is 0 Å². The summed E-state index contributed by atoms with van der Waals surface area (Å²) in [6.07, 6.45) is 0. The third-order valence-electron chi connectivity index (χ3n) is 2.96. The van der Waals surface area contributed by atoms with Gasteiger partial charge in [-0.15, -0.1) is 12.6 Å². The molecule has 2 aromatic rings. The Labute approximate surface area is 154 Å². The van der Waals surface area contributed by atoms with E-state index in [0.29, 0.717) is 11.4 Å². The van der Waals surface area contributed by atoms with Crippen LogP contribution in [0.1, 0.15) is 10.4 Å². The van der Waals surface area contributed by atoms with Crippen LogP contribution in [0.25, 0.3) is 0 Å². The van der Waals surface area contributed by atoms with Crippen molar-refractivity contribution in [3.05, 3.63) is 64.2 Å². The topological polar surface area (TPSA) is 106 Å². The summed E-state index contributed by atoms with van der Waals surface area (Å²) < 4.78 is 5.25. The highest BCUT2D eigenvalue weighted by atomic mass is 32.1. The average Bonchev–Trinajstić information content (AvgIpc) is 2.60. The second-order valence-corrected chi connectivity index (χ2v) is 5.28. The van der Waals surface area contributed by atoms with Crippen molar-refractivity contribution in [3.63, 3.8) is 0 Å². The van der Waals surface area contributed by atoms with Crippen LogP contribution in [-0.4, -0.2) is 21.9 Å². The minimum Gasteiger partial charge on any atom is -0.483 e. The number of rotatable bonds is 5. The molecule has 10 heteroatoms. The van der Waals surface area contributed by atoms with Crippen LogP contribution in [0.3, 0.4) is 0 Å². The molecule has 0 saturated carbocycles. The van der Waals surface area contributed by atoms with E-state index in [1.54, 1.807) is 24.3 Å². The van der Waals surface area contributed by atoms with Crippen LogP contribution in [-0.2, 0) is 0 Å². The summed E-state index contributed by atoms with van der Waals surface area (Å²) >= 11 is 9.04. The Morgan fingerprint density at radius 1 is 1.20 bits per heavy atom. The number of thiocarbonyl (C=S) groups is 1. The van der Waals surface area contributed by atoms with Gasteiger partial charge in [-0.25, -0.2) is 0 Å². The van der Waals surface area contributed by atoms with Crippen LogP contribution in [0.5, 0.6) is 5.75 Å². The quantitative estimate of drug-likeness (QED) is 0.208. The minimum atomic E-state index is -0.677. The summed E-state index contributed by atoms with van der Waals surface area (Å²) in [4.78, 5) is 22.4. The zero-order valence-corrected chi connectivity index (χ0v) is 14.5. The number of thiol groups is 1.